The highest BCUT2D eigenvalue weighted by atomic mass is 32.1. The first-order valence-electron chi connectivity index (χ1n) is 7.83. The van der Waals surface area contributed by atoms with E-state index in [1.165, 1.54) is 15.9 Å². The Morgan fingerprint density at radius 1 is 1.24 bits per heavy atom. The summed E-state index contributed by atoms with van der Waals surface area (Å²) < 4.78 is 2.48. The number of nitrogens with one attached hydrogen (secondary N) is 1. The lowest BCUT2D eigenvalue weighted by molar-refractivity contribution is 0.102. The second-order valence-corrected chi connectivity index (χ2v) is 6.50. The van der Waals surface area contributed by atoms with E-state index in [1.807, 2.05) is 37.3 Å². The van der Waals surface area contributed by atoms with Crippen molar-refractivity contribution >= 4 is 43.6 Å². The van der Waals surface area contributed by atoms with Gasteiger partial charge in [-0.3, -0.25) is 19.5 Å². The number of amides is 1. The molecule has 0 saturated heterocycles. The number of para-hydroxylation sites is 1. The number of thiazole rings is 1. The molecule has 124 valence electrons. The Morgan fingerprint density at radius 3 is 2.88 bits per heavy atom. The number of anilines is 1. The molecule has 3 heterocycles. The number of fused-ring (bicyclic) bond motifs is 2. The van der Waals surface area contributed by atoms with Crippen LogP contribution in [0.15, 0.2) is 53.5 Å². The second-order valence-electron chi connectivity index (χ2n) is 5.46. The number of rotatable bonds is 3. The molecule has 4 aromatic rings. The third-order valence-corrected chi connectivity index (χ3v) is 4.87. The van der Waals surface area contributed by atoms with E-state index in [0.29, 0.717) is 17.3 Å². The fraction of sp³-hybridized carbons (Fsp3) is 0.111. The molecule has 0 unspecified atom stereocenters. The highest BCUT2D eigenvalue weighted by Crippen LogP contribution is 2.25. The lowest BCUT2D eigenvalue weighted by Crippen LogP contribution is -2.29. The van der Waals surface area contributed by atoms with Crippen LogP contribution in [0, 0.1) is 0 Å². The summed E-state index contributed by atoms with van der Waals surface area (Å²) in [6.45, 7) is 2.29. The van der Waals surface area contributed by atoms with Crippen LogP contribution in [0.4, 0.5) is 5.13 Å². The van der Waals surface area contributed by atoms with Gasteiger partial charge in [-0.15, -0.1) is 0 Å². The summed E-state index contributed by atoms with van der Waals surface area (Å²) in [6, 6.07) is 12.8. The fourth-order valence-corrected chi connectivity index (χ4v) is 3.61. The first-order chi connectivity index (χ1) is 12.2. The van der Waals surface area contributed by atoms with Crippen LogP contribution < -0.4 is 10.9 Å². The van der Waals surface area contributed by atoms with E-state index in [-0.39, 0.29) is 11.1 Å². The van der Waals surface area contributed by atoms with Crippen molar-refractivity contribution in [2.24, 2.45) is 0 Å². The number of aryl methyl sites for hydroxylation is 1. The van der Waals surface area contributed by atoms with Crippen molar-refractivity contribution in [3.8, 4) is 0 Å². The molecule has 0 bridgehead atoms. The Kier molecular flexibility index (Phi) is 3.77. The highest BCUT2D eigenvalue weighted by molar-refractivity contribution is 7.22. The lowest BCUT2D eigenvalue weighted by Gasteiger charge is -2.09. The molecular formula is C18H14N4O2S. The molecule has 1 N–H and O–H groups in total. The van der Waals surface area contributed by atoms with Gasteiger partial charge >= 0.3 is 0 Å². The minimum atomic E-state index is -0.461. The smallest absolute Gasteiger partial charge is 0.265 e. The Hall–Kier alpha value is -3.06. The summed E-state index contributed by atoms with van der Waals surface area (Å²) in [6.07, 6.45) is 1.63. The van der Waals surface area contributed by atoms with Crippen molar-refractivity contribution in [1.82, 2.24) is 14.5 Å². The fourth-order valence-electron chi connectivity index (χ4n) is 2.75. The van der Waals surface area contributed by atoms with Gasteiger partial charge in [0, 0.05) is 18.1 Å². The van der Waals surface area contributed by atoms with Gasteiger partial charge in [0.15, 0.2) is 5.13 Å². The Labute approximate surface area is 146 Å². The molecule has 1 amide bonds. The number of carbonyl (C=O) groups is 1. The third-order valence-electron chi connectivity index (χ3n) is 3.92. The van der Waals surface area contributed by atoms with E-state index < -0.39 is 5.91 Å². The summed E-state index contributed by atoms with van der Waals surface area (Å²) in [5, 5.41) is 3.96. The number of hydrogen-bond acceptors (Lipinski definition) is 5. The topological polar surface area (TPSA) is 76.9 Å². The third kappa shape index (κ3) is 2.68. The highest BCUT2D eigenvalue weighted by Gasteiger charge is 2.17. The average Bonchev–Trinajstić information content (AvgIpc) is 3.03. The molecule has 1 aromatic carbocycles. The quantitative estimate of drug-likeness (QED) is 0.615. The molecule has 0 aliphatic heterocycles. The Morgan fingerprint density at radius 2 is 2.08 bits per heavy atom. The monoisotopic (exact) mass is 350 g/mol. The normalized spacial score (nSPS) is 11.1. The first-order valence-corrected chi connectivity index (χ1v) is 8.64. The zero-order chi connectivity index (χ0) is 17.4. The Bertz CT molecular complexity index is 1130. The maximum absolute atomic E-state index is 12.7. The molecule has 25 heavy (non-hydrogen) atoms. The molecule has 0 spiro atoms. The molecule has 0 aliphatic rings. The van der Waals surface area contributed by atoms with Gasteiger partial charge in [0.2, 0.25) is 0 Å². The zero-order valence-electron chi connectivity index (χ0n) is 13.4. The maximum atomic E-state index is 12.7. The number of carbonyl (C=O) groups excluding carboxylic acids is 1. The van der Waals surface area contributed by atoms with Crippen molar-refractivity contribution in [3.05, 3.63) is 64.6 Å². The first kappa shape index (κ1) is 15.5. The number of aromatic nitrogens is 3. The SMILES string of the molecule is CCn1c(=O)c(C(=O)Nc2nc3ccccc3s2)cc2cccnc21. The molecular weight excluding hydrogens is 336 g/mol. The number of pyridine rings is 2. The number of nitrogens with zero attached hydrogens (tertiary/aromatic N) is 3. The van der Waals surface area contributed by atoms with Gasteiger partial charge in [0.1, 0.15) is 11.2 Å². The summed E-state index contributed by atoms with van der Waals surface area (Å²) in [5.41, 5.74) is 1.12. The number of hydrogen-bond donors (Lipinski definition) is 1. The van der Waals surface area contributed by atoms with Gasteiger partial charge in [-0.05, 0) is 37.3 Å². The number of benzene rings is 1. The van der Waals surface area contributed by atoms with Crippen molar-refractivity contribution < 1.29 is 4.79 Å². The van der Waals surface area contributed by atoms with Crippen LogP contribution in [0.5, 0.6) is 0 Å². The predicted octanol–water partition coefficient (Wildman–Crippen LogP) is 3.28. The van der Waals surface area contributed by atoms with Crippen LogP contribution in [0.3, 0.4) is 0 Å². The van der Waals surface area contributed by atoms with Gasteiger partial charge < -0.3 is 0 Å². The van der Waals surface area contributed by atoms with Crippen molar-refractivity contribution in [3.63, 3.8) is 0 Å². The summed E-state index contributed by atoms with van der Waals surface area (Å²) >= 11 is 1.38. The molecule has 0 radical (unpaired) electrons. The van der Waals surface area contributed by atoms with Crippen molar-refractivity contribution in [2.45, 2.75) is 13.5 Å². The molecule has 3 aromatic heterocycles. The molecule has 0 aliphatic carbocycles. The van der Waals surface area contributed by atoms with Crippen molar-refractivity contribution in [1.29, 1.82) is 0 Å². The molecule has 4 rings (SSSR count). The molecule has 0 saturated carbocycles. The Balaban J connectivity index is 1.77. The van der Waals surface area contributed by atoms with Gasteiger partial charge in [-0.2, -0.15) is 0 Å². The summed E-state index contributed by atoms with van der Waals surface area (Å²) in [7, 11) is 0. The van der Waals surface area contributed by atoms with E-state index in [4.69, 9.17) is 0 Å². The minimum absolute atomic E-state index is 0.0848. The largest absolute Gasteiger partial charge is 0.298 e. The lowest BCUT2D eigenvalue weighted by atomic mass is 10.2. The maximum Gasteiger partial charge on any atom is 0.265 e. The zero-order valence-corrected chi connectivity index (χ0v) is 14.2. The summed E-state index contributed by atoms with van der Waals surface area (Å²) in [5.74, 6) is -0.461. The standard InChI is InChI=1S/C18H14N4O2S/c1-2-22-15-11(6-5-9-19-15)10-12(17(22)24)16(23)21-18-20-13-7-3-4-8-14(13)25-18/h3-10H,2H2,1H3,(H,20,21,23). The van der Waals surface area contributed by atoms with E-state index in [2.05, 4.69) is 15.3 Å². The molecule has 6 nitrogen and oxygen atoms in total. The summed E-state index contributed by atoms with van der Waals surface area (Å²) in [4.78, 5) is 33.9. The molecule has 7 heteroatoms. The van der Waals surface area contributed by atoms with Crippen molar-refractivity contribution in [2.75, 3.05) is 5.32 Å². The van der Waals surface area contributed by atoms with Gasteiger partial charge in [0.25, 0.3) is 11.5 Å². The van der Waals surface area contributed by atoms with Gasteiger partial charge in [0.05, 0.1) is 10.2 Å². The van der Waals surface area contributed by atoms with Crippen LogP contribution in [0.25, 0.3) is 21.3 Å². The van der Waals surface area contributed by atoms with Crippen LogP contribution in [0.1, 0.15) is 17.3 Å². The van der Waals surface area contributed by atoms with Gasteiger partial charge in [-0.25, -0.2) is 9.97 Å². The van der Waals surface area contributed by atoms with E-state index in [9.17, 15) is 9.59 Å². The molecule has 0 atom stereocenters. The van der Waals surface area contributed by atoms with E-state index in [0.717, 1.165) is 15.6 Å². The van der Waals surface area contributed by atoms with Crippen LogP contribution in [0.2, 0.25) is 0 Å². The minimum Gasteiger partial charge on any atom is -0.298 e. The van der Waals surface area contributed by atoms with E-state index in [1.54, 1.807) is 18.3 Å². The van der Waals surface area contributed by atoms with E-state index >= 15 is 0 Å². The average molecular weight is 350 g/mol. The second kappa shape index (κ2) is 6.10. The predicted molar refractivity (Wildman–Crippen MR) is 99.3 cm³/mol. The molecule has 0 fully saturated rings. The van der Waals surface area contributed by atoms with Crippen LogP contribution in [-0.4, -0.2) is 20.4 Å². The van der Waals surface area contributed by atoms with Crippen LogP contribution in [-0.2, 0) is 6.54 Å². The van der Waals surface area contributed by atoms with Gasteiger partial charge in [-0.1, -0.05) is 23.5 Å². The van der Waals surface area contributed by atoms with Crippen LogP contribution >= 0.6 is 11.3 Å².